The molecule has 0 aliphatic heterocycles. The van der Waals surface area contributed by atoms with Gasteiger partial charge in [-0.25, -0.2) is 0 Å². The lowest BCUT2D eigenvalue weighted by atomic mass is 9.55. The highest BCUT2D eigenvalue weighted by Crippen LogP contribution is 2.43. The molecule has 0 amide bonds. The van der Waals surface area contributed by atoms with Gasteiger partial charge in [-0.05, 0) is 92.1 Å². The van der Waals surface area contributed by atoms with Gasteiger partial charge in [0.05, 0.1) is 0 Å². The molecule has 10 rings (SSSR count). The lowest BCUT2D eigenvalue weighted by Gasteiger charge is -2.33. The van der Waals surface area contributed by atoms with Gasteiger partial charge in [-0.2, -0.15) is 0 Å². The van der Waals surface area contributed by atoms with E-state index in [1.54, 1.807) is 0 Å². The summed E-state index contributed by atoms with van der Waals surface area (Å²) in [5.41, 5.74) is 48.5. The fraction of sp³-hybridized carbons (Fsp3) is 0.0213. The van der Waals surface area contributed by atoms with Crippen LogP contribution in [-0.4, -0.2) is 228 Å². The lowest BCUT2D eigenvalue weighted by molar-refractivity contribution is 1.25. The van der Waals surface area contributed by atoms with Crippen LogP contribution in [-0.2, 0) is 0 Å². The topological polar surface area (TPSA) is 0 Å². The summed E-state index contributed by atoms with van der Waals surface area (Å²) >= 11 is 0. The minimum atomic E-state index is 0.120. The average Bonchev–Trinajstić information content (AvgIpc) is 3.64. The molecule has 0 N–H and O–H groups in total. The molecule has 0 aromatic heterocycles. The summed E-state index contributed by atoms with van der Waals surface area (Å²) in [5.74, 6) is 0.120. The van der Waals surface area contributed by atoms with Gasteiger partial charge in [0.25, 0.3) is 0 Å². The summed E-state index contributed by atoms with van der Waals surface area (Å²) in [4.78, 5) is 0. The first-order valence-electron chi connectivity index (χ1n) is 28.6. The van der Waals surface area contributed by atoms with Crippen LogP contribution >= 0.6 is 0 Å². The Morgan fingerprint density at radius 2 is 0.382 bits per heavy atom. The molecule has 9 aromatic rings. The highest BCUT2D eigenvalue weighted by Gasteiger charge is 2.35. The normalized spacial score (nSPS) is 13.6. The van der Waals surface area contributed by atoms with E-state index < -0.39 is 0 Å². The molecule has 9 aromatic carbocycles. The predicted molar refractivity (Wildman–Crippen MR) is 438 cm³/mol. The Morgan fingerprint density at radius 1 is 0.145 bits per heavy atom. The zero-order chi connectivity index (χ0) is 56.1. The summed E-state index contributed by atoms with van der Waals surface area (Å²) in [6, 6.07) is 0. The Hall–Kier alpha value is -4.10. The van der Waals surface area contributed by atoms with Crippen LogP contribution in [0.2, 0.25) is 0 Å². The number of hydrogen-bond donors (Lipinski definition) is 0. The Bertz CT molecular complexity index is 4390. The second kappa shape index (κ2) is 18.5. The van der Waals surface area contributed by atoms with Gasteiger partial charge in [0.15, 0.2) is 0 Å². The molecule has 0 spiro atoms. The molecule has 29 heteroatoms. The maximum Gasteiger partial charge on any atom is 0.140 e. The highest BCUT2D eigenvalue weighted by atomic mass is 14.3. The highest BCUT2D eigenvalue weighted by molar-refractivity contribution is 6.77. The SMILES string of the molecule is BC1=c2c(B)c(B)c3c(B)c(B)c(B)c(B)c3c2=C(B)C1c1c2c(B)c(B)c(B)c(B)c2c(-c2c(B)c(B)c(-c3c(B)c4c(B)c(B)c(B)c(B)c4c4c(B)c(B)c(B)c(B)c34)c(B)c2B)c2c(B)c(B)c(B)c(B)c12. The smallest absolute Gasteiger partial charge is 0.101 e. The maximum atomic E-state index is 2.51. The van der Waals surface area contributed by atoms with E-state index in [1.165, 1.54) is 251 Å². The van der Waals surface area contributed by atoms with E-state index in [1.807, 2.05) is 0 Å². The zero-order valence-electron chi connectivity index (χ0n) is 52.6. The minimum Gasteiger partial charge on any atom is -0.101 e. The average molecular weight is 938 g/mol. The summed E-state index contributed by atoms with van der Waals surface area (Å²) in [6.07, 6.45) is 0. The molecule has 0 nitrogen and oxygen atoms in total. The van der Waals surface area contributed by atoms with Gasteiger partial charge >= 0.3 is 0 Å². The summed E-state index contributed by atoms with van der Waals surface area (Å²) in [7, 11) is 69.9. The summed E-state index contributed by atoms with van der Waals surface area (Å²) in [5, 5.41) is 17.5. The number of fused-ring (bicyclic) bond motifs is 8. The van der Waals surface area contributed by atoms with Gasteiger partial charge in [0.1, 0.15) is 228 Å². The number of hydrogen-bond acceptors (Lipinski definition) is 0. The van der Waals surface area contributed by atoms with Gasteiger partial charge in [0, 0.05) is 5.92 Å². The monoisotopic (exact) mass is 943 g/mol. The van der Waals surface area contributed by atoms with Crippen molar-refractivity contribution in [3.05, 3.63) is 16.0 Å². The molecule has 76 heavy (non-hydrogen) atoms. The second-order valence-electron chi connectivity index (χ2n) is 25.1. The van der Waals surface area contributed by atoms with E-state index in [0.29, 0.717) is 0 Å². The zero-order valence-corrected chi connectivity index (χ0v) is 52.6. The molecule has 334 valence electrons. The Labute approximate surface area is 480 Å². The van der Waals surface area contributed by atoms with Crippen LogP contribution in [0.3, 0.4) is 0 Å². The fourth-order valence-corrected chi connectivity index (χ4v) is 16.1. The maximum absolute atomic E-state index is 2.51. The summed E-state index contributed by atoms with van der Waals surface area (Å²) < 4.78 is 0. The first-order valence-corrected chi connectivity index (χ1v) is 28.6. The second-order valence-corrected chi connectivity index (χ2v) is 25.1. The van der Waals surface area contributed by atoms with Crippen molar-refractivity contribution in [2.24, 2.45) is 0 Å². The molecule has 1 aliphatic carbocycles. The quantitative estimate of drug-likeness (QED) is 0.0941. The molecule has 1 unspecified atom stereocenters. The lowest BCUT2D eigenvalue weighted by Crippen LogP contribution is -2.56. The van der Waals surface area contributed by atoms with Gasteiger partial charge < -0.3 is 0 Å². The number of rotatable bonds is 3. The third-order valence-electron chi connectivity index (χ3n) is 22.6. The van der Waals surface area contributed by atoms with E-state index in [0.717, 1.165) is 0 Å². The van der Waals surface area contributed by atoms with Crippen molar-refractivity contribution < 1.29 is 0 Å². The molecular formula is C47H59B29. The first kappa shape index (κ1) is 55.2. The van der Waals surface area contributed by atoms with Gasteiger partial charge in [-0.15, -0.1) is 54.6 Å². The van der Waals surface area contributed by atoms with E-state index in [2.05, 4.69) is 228 Å². The van der Waals surface area contributed by atoms with E-state index >= 15 is 0 Å². The van der Waals surface area contributed by atoms with Gasteiger partial charge in [-0.3, -0.25) is 0 Å². The first-order chi connectivity index (χ1) is 35.4. The van der Waals surface area contributed by atoms with E-state index in [-0.39, 0.29) is 5.92 Å². The van der Waals surface area contributed by atoms with Crippen LogP contribution < -0.4 is 158 Å². The van der Waals surface area contributed by atoms with Crippen molar-refractivity contribution >= 4 is 440 Å². The van der Waals surface area contributed by atoms with Crippen molar-refractivity contribution in [1.82, 2.24) is 0 Å². The minimum absolute atomic E-state index is 0.120. The van der Waals surface area contributed by atoms with Crippen LogP contribution in [0.4, 0.5) is 0 Å². The predicted octanol–water partition coefficient (Wildman–Crippen LogP) is -38.0. The Morgan fingerprint density at radius 3 is 0.750 bits per heavy atom. The molecule has 0 fully saturated rings. The standard InChI is InChI=1S/C47H59B29/c48-19-10-12-18(37(66)47(76)45(74)29(12)58)35(64)32(61)15(10)21(50)13(19)1-3-5(24(53)40(69)38(67)22(3)51)2(6-4(1)23(52)39(68)41(70)25(6)54)14-30(59)33(62)17(34(63)31(14)60)9-7-8(27(56)43(72)42(71)26(7)55)11-16(20(9)49)36(65)46(75)44(73)28(11)57/h13H,48-76H2. The fourth-order valence-electron chi connectivity index (χ4n) is 16.1. The molecule has 0 saturated carbocycles. The molecule has 1 aliphatic rings. The van der Waals surface area contributed by atoms with E-state index in [9.17, 15) is 0 Å². The van der Waals surface area contributed by atoms with Crippen molar-refractivity contribution in [2.75, 3.05) is 0 Å². The van der Waals surface area contributed by atoms with Crippen molar-refractivity contribution in [3.63, 3.8) is 0 Å². The van der Waals surface area contributed by atoms with Crippen LogP contribution in [0.15, 0.2) is 0 Å². The van der Waals surface area contributed by atoms with Gasteiger partial charge in [-0.1, -0.05) is 104 Å². The van der Waals surface area contributed by atoms with Crippen LogP contribution in [0, 0.1) is 0 Å². The largest absolute Gasteiger partial charge is 0.140 e. The summed E-state index contributed by atoms with van der Waals surface area (Å²) in [6.45, 7) is 0. The molecule has 0 heterocycles. The van der Waals surface area contributed by atoms with Crippen molar-refractivity contribution in [2.45, 2.75) is 5.92 Å². The van der Waals surface area contributed by atoms with Crippen LogP contribution in [0.25, 0.3) is 87.1 Å². The third kappa shape index (κ3) is 6.86. The van der Waals surface area contributed by atoms with Crippen molar-refractivity contribution in [3.8, 4) is 22.3 Å². The Balaban J connectivity index is 1.45. The Kier molecular flexibility index (Phi) is 13.4. The number of benzene rings is 9. The van der Waals surface area contributed by atoms with Crippen LogP contribution in [0.5, 0.6) is 0 Å². The molecule has 0 radical (unpaired) electrons. The van der Waals surface area contributed by atoms with Crippen LogP contribution in [0.1, 0.15) is 11.5 Å². The van der Waals surface area contributed by atoms with Crippen molar-refractivity contribution in [1.29, 1.82) is 0 Å². The molecule has 0 saturated heterocycles. The third-order valence-corrected chi connectivity index (χ3v) is 22.6. The van der Waals surface area contributed by atoms with Gasteiger partial charge in [0.2, 0.25) is 0 Å². The molecule has 1 atom stereocenters. The molecular weight excluding hydrogens is 878 g/mol. The van der Waals surface area contributed by atoms with E-state index in [4.69, 9.17) is 0 Å². The molecule has 0 bridgehead atoms.